The smallest absolute Gasteiger partial charge is 0.195 e. The molecule has 1 aromatic carbocycles. The minimum absolute atomic E-state index is 0. The first-order valence-electron chi connectivity index (χ1n) is 8.71. The van der Waals surface area contributed by atoms with Crippen LogP contribution in [-0.4, -0.2) is 44.5 Å². The maximum atomic E-state index is 10.1. The first kappa shape index (κ1) is 23.3. The van der Waals surface area contributed by atoms with E-state index in [4.69, 9.17) is 13.9 Å². The average molecular weight is 489 g/mol. The highest BCUT2D eigenvalue weighted by molar-refractivity contribution is 14.0. The first-order chi connectivity index (χ1) is 12.7. The van der Waals surface area contributed by atoms with Gasteiger partial charge in [-0.3, -0.25) is 0 Å². The molecule has 0 aliphatic rings. The standard InChI is InChI=1S/C19H27N3O4.HI/c1-3-20-19(21-14-17(23)18-9-5-11-26-18)22-15-7-4-8-16(13-15)25-12-6-10-24-2;/h4-5,7-9,11,13,17,23H,3,6,10,12,14H2,1-2H3,(H2,20,21,22);1H. The Labute approximate surface area is 177 Å². The molecule has 3 N–H and O–H groups in total. The molecule has 1 unspecified atom stereocenters. The maximum absolute atomic E-state index is 10.1. The van der Waals surface area contributed by atoms with Crippen molar-refractivity contribution < 1.29 is 19.0 Å². The van der Waals surface area contributed by atoms with Gasteiger partial charge in [0, 0.05) is 38.4 Å². The number of ether oxygens (including phenoxy) is 2. The fourth-order valence-electron chi connectivity index (χ4n) is 2.25. The highest BCUT2D eigenvalue weighted by Gasteiger charge is 2.10. The summed E-state index contributed by atoms with van der Waals surface area (Å²) in [6.07, 6.45) is 1.59. The Balaban J connectivity index is 0.00000364. The number of hydrogen-bond acceptors (Lipinski definition) is 5. The van der Waals surface area contributed by atoms with E-state index in [9.17, 15) is 5.11 Å². The molecule has 0 bridgehead atoms. The Hall–Kier alpha value is -1.78. The average Bonchev–Trinajstić information content (AvgIpc) is 3.18. The van der Waals surface area contributed by atoms with Gasteiger partial charge >= 0.3 is 0 Å². The van der Waals surface area contributed by atoms with Crippen molar-refractivity contribution >= 4 is 35.6 Å². The van der Waals surface area contributed by atoms with E-state index in [0.717, 1.165) is 17.9 Å². The zero-order valence-corrected chi connectivity index (χ0v) is 18.0. The van der Waals surface area contributed by atoms with Crippen molar-refractivity contribution in [2.45, 2.75) is 19.4 Å². The van der Waals surface area contributed by atoms with Gasteiger partial charge in [-0.15, -0.1) is 24.0 Å². The third-order valence-electron chi connectivity index (χ3n) is 3.50. The van der Waals surface area contributed by atoms with Crippen molar-refractivity contribution in [1.29, 1.82) is 0 Å². The van der Waals surface area contributed by atoms with Crippen LogP contribution in [0.5, 0.6) is 5.75 Å². The second-order valence-electron chi connectivity index (χ2n) is 5.60. The van der Waals surface area contributed by atoms with Gasteiger partial charge in [-0.1, -0.05) is 6.07 Å². The van der Waals surface area contributed by atoms with Gasteiger partial charge in [0.15, 0.2) is 5.96 Å². The van der Waals surface area contributed by atoms with Gasteiger partial charge in [-0.25, -0.2) is 4.99 Å². The van der Waals surface area contributed by atoms with Gasteiger partial charge in [-0.05, 0) is 31.2 Å². The lowest BCUT2D eigenvalue weighted by atomic mass is 10.3. The molecule has 1 aromatic heterocycles. The highest BCUT2D eigenvalue weighted by atomic mass is 127. The number of benzene rings is 1. The van der Waals surface area contributed by atoms with E-state index in [1.54, 1.807) is 19.2 Å². The van der Waals surface area contributed by atoms with Crippen molar-refractivity contribution in [2.24, 2.45) is 4.99 Å². The Morgan fingerprint density at radius 1 is 1.26 bits per heavy atom. The Morgan fingerprint density at radius 2 is 2.11 bits per heavy atom. The number of aliphatic hydroxyl groups is 1. The summed E-state index contributed by atoms with van der Waals surface area (Å²) in [5.41, 5.74) is 0.849. The predicted molar refractivity (Wildman–Crippen MR) is 117 cm³/mol. The van der Waals surface area contributed by atoms with Crippen molar-refractivity contribution in [3.05, 3.63) is 48.4 Å². The minimum Gasteiger partial charge on any atom is -0.493 e. The number of nitrogens with zero attached hydrogens (tertiary/aromatic N) is 1. The van der Waals surface area contributed by atoms with Crippen molar-refractivity contribution in [3.8, 4) is 5.75 Å². The van der Waals surface area contributed by atoms with E-state index in [2.05, 4.69) is 15.6 Å². The van der Waals surface area contributed by atoms with Gasteiger partial charge in [0.05, 0.1) is 19.4 Å². The molecule has 0 radical (unpaired) electrons. The zero-order valence-electron chi connectivity index (χ0n) is 15.7. The number of halogens is 1. The lowest BCUT2D eigenvalue weighted by Gasteiger charge is -2.13. The summed E-state index contributed by atoms with van der Waals surface area (Å²) in [7, 11) is 1.68. The minimum atomic E-state index is -0.782. The molecule has 0 spiro atoms. The Morgan fingerprint density at radius 3 is 2.81 bits per heavy atom. The van der Waals surface area contributed by atoms with E-state index in [0.29, 0.717) is 31.5 Å². The summed E-state index contributed by atoms with van der Waals surface area (Å²) in [6.45, 7) is 4.15. The van der Waals surface area contributed by atoms with Crippen molar-refractivity contribution in [1.82, 2.24) is 5.32 Å². The van der Waals surface area contributed by atoms with Crippen LogP contribution in [0.2, 0.25) is 0 Å². The lowest BCUT2D eigenvalue weighted by Crippen LogP contribution is -2.31. The van der Waals surface area contributed by atoms with Crippen LogP contribution in [0.4, 0.5) is 5.69 Å². The second-order valence-corrected chi connectivity index (χ2v) is 5.60. The molecule has 8 heteroatoms. The largest absolute Gasteiger partial charge is 0.493 e. The van der Waals surface area contributed by atoms with Gasteiger partial charge in [0.1, 0.15) is 17.6 Å². The number of furan rings is 1. The number of rotatable bonds is 10. The van der Waals surface area contributed by atoms with Crippen LogP contribution in [0.15, 0.2) is 52.1 Å². The monoisotopic (exact) mass is 489 g/mol. The molecule has 2 aromatic rings. The fourth-order valence-corrected chi connectivity index (χ4v) is 2.25. The molecule has 2 rings (SSSR count). The Bertz CT molecular complexity index is 665. The van der Waals surface area contributed by atoms with Crippen LogP contribution < -0.4 is 15.4 Å². The number of aliphatic hydroxyl groups excluding tert-OH is 1. The van der Waals surface area contributed by atoms with Gasteiger partial charge in [-0.2, -0.15) is 0 Å². The normalized spacial score (nSPS) is 12.2. The molecule has 0 saturated heterocycles. The molecular weight excluding hydrogens is 461 g/mol. The van der Waals surface area contributed by atoms with Crippen LogP contribution in [0.25, 0.3) is 0 Å². The number of aliphatic imine (C=N–C) groups is 1. The molecule has 7 nitrogen and oxygen atoms in total. The summed E-state index contributed by atoms with van der Waals surface area (Å²) in [5.74, 6) is 1.85. The number of methoxy groups -OCH3 is 1. The highest BCUT2D eigenvalue weighted by Crippen LogP contribution is 2.18. The predicted octanol–water partition coefficient (Wildman–Crippen LogP) is 3.42. The molecule has 27 heavy (non-hydrogen) atoms. The van der Waals surface area contributed by atoms with Crippen LogP contribution in [0, 0.1) is 0 Å². The zero-order chi connectivity index (χ0) is 18.6. The first-order valence-corrected chi connectivity index (χ1v) is 8.71. The summed E-state index contributed by atoms with van der Waals surface area (Å²) >= 11 is 0. The van der Waals surface area contributed by atoms with Gasteiger partial charge in [0.25, 0.3) is 0 Å². The quantitative estimate of drug-likeness (QED) is 0.205. The van der Waals surface area contributed by atoms with Crippen LogP contribution >= 0.6 is 24.0 Å². The maximum Gasteiger partial charge on any atom is 0.195 e. The van der Waals surface area contributed by atoms with Gasteiger partial charge < -0.3 is 29.6 Å². The molecule has 1 heterocycles. The van der Waals surface area contributed by atoms with Crippen molar-refractivity contribution in [3.63, 3.8) is 0 Å². The fraction of sp³-hybridized carbons (Fsp3) is 0.421. The molecule has 0 fully saturated rings. The molecule has 0 amide bonds. The van der Waals surface area contributed by atoms with E-state index in [1.165, 1.54) is 6.26 Å². The number of guanidine groups is 1. The molecule has 0 aliphatic heterocycles. The van der Waals surface area contributed by atoms with Crippen molar-refractivity contribution in [2.75, 3.05) is 38.7 Å². The lowest BCUT2D eigenvalue weighted by molar-refractivity contribution is 0.158. The third kappa shape index (κ3) is 8.63. The Kier molecular flexibility index (Phi) is 11.5. The summed E-state index contributed by atoms with van der Waals surface area (Å²) in [6, 6.07) is 11.1. The van der Waals surface area contributed by atoms with E-state index in [1.807, 2.05) is 31.2 Å². The summed E-state index contributed by atoms with van der Waals surface area (Å²) < 4.78 is 15.9. The van der Waals surface area contributed by atoms with Gasteiger partial charge in [0.2, 0.25) is 0 Å². The SMILES string of the molecule is CCNC(=NCC(O)c1ccco1)Nc1cccc(OCCCOC)c1.I. The third-order valence-corrected chi connectivity index (χ3v) is 3.50. The van der Waals surface area contributed by atoms with E-state index < -0.39 is 6.10 Å². The second kappa shape index (κ2) is 13.4. The molecule has 0 aliphatic carbocycles. The summed E-state index contributed by atoms with van der Waals surface area (Å²) in [5, 5.41) is 16.5. The molecule has 0 saturated carbocycles. The summed E-state index contributed by atoms with van der Waals surface area (Å²) in [4.78, 5) is 4.41. The van der Waals surface area contributed by atoms with Crippen LogP contribution in [0.3, 0.4) is 0 Å². The van der Waals surface area contributed by atoms with Crippen LogP contribution in [0.1, 0.15) is 25.2 Å². The molecule has 150 valence electrons. The number of nitrogens with one attached hydrogen (secondary N) is 2. The van der Waals surface area contributed by atoms with E-state index >= 15 is 0 Å². The molecule has 1 atom stereocenters. The van der Waals surface area contributed by atoms with E-state index in [-0.39, 0.29) is 30.5 Å². The number of anilines is 1. The van der Waals surface area contributed by atoms with Crippen LogP contribution in [-0.2, 0) is 4.74 Å². The topological polar surface area (TPSA) is 88.3 Å². The molecular formula is C19H28IN3O4. The number of hydrogen-bond donors (Lipinski definition) is 3.